The van der Waals surface area contributed by atoms with Crippen LogP contribution in [0.3, 0.4) is 0 Å². The fourth-order valence-electron chi connectivity index (χ4n) is 0.753. The Hall–Kier alpha value is 0.0425. The third-order valence-electron chi connectivity index (χ3n) is 1.63. The van der Waals surface area contributed by atoms with E-state index in [1.807, 2.05) is 18.2 Å². The Bertz CT molecular complexity index is 197. The van der Waals surface area contributed by atoms with Gasteiger partial charge in [0.2, 0.25) is 0 Å². The van der Waals surface area contributed by atoms with Gasteiger partial charge in [-0.3, -0.25) is 10.0 Å². The van der Waals surface area contributed by atoms with Gasteiger partial charge < -0.3 is 0 Å². The molecule has 0 saturated carbocycles. The molecule has 0 aliphatic heterocycles. The van der Waals surface area contributed by atoms with Crippen molar-refractivity contribution in [1.82, 2.24) is 0 Å². The number of rotatable bonds is 2. The largest absolute Gasteiger partial charge is 0.377 e. The van der Waals surface area contributed by atoms with Crippen LogP contribution in [0.2, 0.25) is 5.28 Å². The first-order chi connectivity index (χ1) is 6.16. The van der Waals surface area contributed by atoms with E-state index in [9.17, 15) is 0 Å². The molecule has 0 unspecified atom stereocenters. The first-order valence-corrected chi connectivity index (χ1v) is 7.88. The summed E-state index contributed by atoms with van der Waals surface area (Å²) in [6, 6.07) is 10.3. The Balaban J connectivity index is 0.000000226. The molecule has 0 amide bonds. The second-order valence-electron chi connectivity index (χ2n) is 3.53. The second kappa shape index (κ2) is 8.63. The topological polar surface area (TPSA) is 0 Å². The highest BCUT2D eigenvalue weighted by atomic mass is 35.6. The maximum absolute atomic E-state index is 5.54. The van der Waals surface area contributed by atoms with Crippen molar-refractivity contribution in [2.24, 2.45) is 5.92 Å². The Morgan fingerprint density at radius 3 is 1.92 bits per heavy atom. The van der Waals surface area contributed by atoms with E-state index in [0.717, 1.165) is 5.92 Å². The first kappa shape index (κ1) is 13.0. The highest BCUT2D eigenvalue weighted by Crippen LogP contribution is 1.98. The molecule has 0 aliphatic rings. The molecule has 13 heavy (non-hydrogen) atoms. The molecule has 0 bridgehead atoms. The van der Waals surface area contributed by atoms with Crippen LogP contribution in [0.5, 0.6) is 0 Å². The van der Waals surface area contributed by atoms with Crippen molar-refractivity contribution in [1.29, 1.82) is 0 Å². The van der Waals surface area contributed by atoms with E-state index in [4.69, 9.17) is 10.0 Å². The number of benzene rings is 1. The minimum Gasteiger partial charge on any atom is -0.267 e. The van der Waals surface area contributed by atoms with E-state index in [-0.39, 0.29) is 14.3 Å². The van der Waals surface area contributed by atoms with Crippen LogP contribution in [-0.4, -0.2) is 14.3 Å². The molecule has 0 aromatic heterocycles. The van der Waals surface area contributed by atoms with E-state index >= 15 is 0 Å². The Morgan fingerprint density at radius 2 is 1.77 bits per heavy atom. The van der Waals surface area contributed by atoms with Crippen molar-refractivity contribution < 1.29 is 0 Å². The highest BCUT2D eigenvalue weighted by molar-refractivity contribution is 6.93. The summed E-state index contributed by atoms with van der Waals surface area (Å²) < 4.78 is 0. The lowest BCUT2D eigenvalue weighted by Gasteiger charge is -1.93. The Labute approximate surface area is 92.2 Å². The molecule has 0 nitrogen and oxygen atoms in total. The molecule has 0 N–H and O–H groups in total. The quantitative estimate of drug-likeness (QED) is 0.657. The smallest absolute Gasteiger partial charge is 0.267 e. The van der Waals surface area contributed by atoms with Crippen molar-refractivity contribution in [2.45, 2.75) is 26.1 Å². The zero-order valence-corrected chi connectivity index (χ0v) is 10.9. The average Bonchev–Trinajstić information content (AvgIpc) is 2.06. The van der Waals surface area contributed by atoms with E-state index in [1.165, 1.54) is 10.8 Å². The van der Waals surface area contributed by atoms with Crippen molar-refractivity contribution >= 4 is 24.3 Å². The lowest BCUT2D eigenvalue weighted by molar-refractivity contribution is 0.734. The van der Waals surface area contributed by atoms with Gasteiger partial charge in [0.15, 0.2) is 0 Å². The van der Waals surface area contributed by atoms with Crippen LogP contribution < -0.4 is 0 Å². The van der Waals surface area contributed by atoms with E-state index < -0.39 is 0 Å². The van der Waals surface area contributed by atoms with Gasteiger partial charge >= 0.3 is 14.3 Å². The fourth-order valence-corrected chi connectivity index (χ4v) is 2.50. The molecule has 1 aromatic rings. The van der Waals surface area contributed by atoms with Gasteiger partial charge in [-0.1, -0.05) is 60.9 Å². The van der Waals surface area contributed by atoms with Gasteiger partial charge in [0.05, 0.1) is 0 Å². The van der Waals surface area contributed by atoms with Crippen molar-refractivity contribution in [2.75, 3.05) is 0 Å². The maximum Gasteiger partial charge on any atom is 0.377 e. The van der Waals surface area contributed by atoms with Crippen molar-refractivity contribution in [3.8, 4) is 0 Å². The van der Waals surface area contributed by atoms with Gasteiger partial charge in [0.25, 0.3) is 0 Å². The Kier molecular flexibility index (Phi) is 8.66. The minimum absolute atomic E-state index is 0.161. The summed E-state index contributed by atoms with van der Waals surface area (Å²) in [7, 11) is 5.54. The van der Waals surface area contributed by atoms with Gasteiger partial charge in [0, 0.05) is 0 Å². The number of halogens is 1. The number of hydrogen-bond donors (Lipinski definition) is 0. The molecule has 0 fully saturated rings. The van der Waals surface area contributed by atoms with Gasteiger partial charge in [-0.05, 0) is 6.92 Å². The van der Waals surface area contributed by atoms with E-state index in [0.29, 0.717) is 0 Å². The molecule has 0 aliphatic carbocycles. The third kappa shape index (κ3) is 9.96. The van der Waals surface area contributed by atoms with Crippen LogP contribution in [0.25, 0.3) is 0 Å². The predicted molar refractivity (Wildman–Crippen MR) is 63.8 cm³/mol. The molecular weight excluding hydrogens is 195 g/mol. The predicted octanol–water partition coefficient (Wildman–Crippen LogP) is 3.65. The van der Waals surface area contributed by atoms with Crippen LogP contribution >= 0.6 is 10.0 Å². The van der Waals surface area contributed by atoms with Gasteiger partial charge in [-0.2, -0.15) is 0 Å². The first-order valence-electron chi connectivity index (χ1n) is 4.74. The monoisotopic (exact) mass is 212 g/mol. The summed E-state index contributed by atoms with van der Waals surface area (Å²) in [6.07, 6.45) is 0. The summed E-state index contributed by atoms with van der Waals surface area (Å²) in [6.45, 7) is 6.49. The number of aryl methyl sites for hydroxylation is 1. The summed E-state index contributed by atoms with van der Waals surface area (Å²) in [5, 5.41) is 1.28. The van der Waals surface area contributed by atoms with Crippen LogP contribution in [0.4, 0.5) is 0 Å². The van der Waals surface area contributed by atoms with Crippen LogP contribution in [-0.2, 0) is 0 Å². The maximum atomic E-state index is 5.54. The van der Waals surface area contributed by atoms with Crippen molar-refractivity contribution in [3.63, 3.8) is 0 Å². The zero-order valence-electron chi connectivity index (χ0n) is 8.76. The third-order valence-corrected chi connectivity index (χ3v) is 3.65. The molecule has 1 rings (SSSR count). The molecule has 0 radical (unpaired) electrons. The zero-order chi connectivity index (χ0) is 10.1. The second-order valence-corrected chi connectivity index (χ2v) is 5.62. The molecule has 0 heterocycles. The van der Waals surface area contributed by atoms with Gasteiger partial charge in [-0.25, -0.2) is 0 Å². The van der Waals surface area contributed by atoms with Crippen LogP contribution in [0.15, 0.2) is 30.3 Å². The average molecular weight is 213 g/mol. The molecule has 2 heteroatoms. The van der Waals surface area contributed by atoms with Crippen LogP contribution in [0.1, 0.15) is 19.4 Å². The van der Waals surface area contributed by atoms with E-state index in [2.05, 4.69) is 32.9 Å². The molecule has 0 saturated heterocycles. The summed E-state index contributed by atoms with van der Waals surface area (Å²) >= 11 is -0.161. The van der Waals surface area contributed by atoms with Crippen LogP contribution in [0, 0.1) is 12.8 Å². The molecular formula is C11H18AlCl. The standard InChI is InChI=1S/C7H8.C4H9.Al.ClH.H/c1-7-5-3-2-4-6-7;1-4(2)3;;;/h2-6H,1H3;4H,1H2,2-3H3;;1H;/q;;+1;;/p-1. The lowest BCUT2D eigenvalue weighted by Crippen LogP contribution is -1.86. The van der Waals surface area contributed by atoms with E-state index in [1.54, 1.807) is 0 Å². The minimum atomic E-state index is -0.161. The van der Waals surface area contributed by atoms with Gasteiger partial charge in [0.1, 0.15) is 0 Å². The molecule has 72 valence electrons. The lowest BCUT2D eigenvalue weighted by atomic mass is 10.2. The molecule has 1 aromatic carbocycles. The fraction of sp³-hybridized carbons (Fsp3) is 0.455. The molecule has 0 atom stereocenters. The molecule has 0 spiro atoms. The summed E-state index contributed by atoms with van der Waals surface area (Å²) in [4.78, 5) is 0. The summed E-state index contributed by atoms with van der Waals surface area (Å²) in [5.41, 5.74) is 1.32. The Morgan fingerprint density at radius 1 is 1.23 bits per heavy atom. The normalized spacial score (nSPS) is 9.00. The summed E-state index contributed by atoms with van der Waals surface area (Å²) in [5.74, 6) is 0.828. The number of hydrogen-bond acceptors (Lipinski definition) is 0. The highest BCUT2D eigenvalue weighted by Gasteiger charge is 1.91. The van der Waals surface area contributed by atoms with Gasteiger partial charge in [-0.15, -0.1) is 0 Å². The van der Waals surface area contributed by atoms with Crippen molar-refractivity contribution in [3.05, 3.63) is 35.9 Å². The SMILES string of the molecule is CC(C)[CH2][AlH][Cl].Cc1ccccc1.